The summed E-state index contributed by atoms with van der Waals surface area (Å²) in [7, 11) is 0. The molecule has 0 bridgehead atoms. The number of thiocarbonyl (C=S) groups is 1. The number of hydrogen-bond acceptors (Lipinski definition) is 3. The molecule has 0 aliphatic rings. The number of unbranched alkanes of at least 4 members (excludes halogenated alkanes) is 3. The van der Waals surface area contributed by atoms with Crippen LogP contribution < -0.4 is 17.2 Å². The number of amidine groups is 1. The van der Waals surface area contributed by atoms with Crippen LogP contribution in [0.1, 0.15) is 32.6 Å². The Hall–Kier alpha value is -0.0100. The van der Waals surface area contributed by atoms with Gasteiger partial charge in [0.25, 0.3) is 0 Å². The number of thioether (sulfide) groups is 1. The lowest BCUT2D eigenvalue weighted by atomic mass is 10.2. The van der Waals surface area contributed by atoms with E-state index in [0.29, 0.717) is 0 Å². The summed E-state index contributed by atoms with van der Waals surface area (Å²) in [6, 6.07) is 0. The average Bonchev–Trinajstić information content (AvgIpc) is 2.02. The minimum atomic E-state index is 0. The molecule has 0 fully saturated rings. The first kappa shape index (κ1) is 20.4. The Bertz CT molecular complexity index is 163. The summed E-state index contributed by atoms with van der Waals surface area (Å²) in [5.41, 5.74) is 14.4. The number of nitrogens with one attached hydrogen (secondary N) is 1. The predicted molar refractivity (Wildman–Crippen MR) is 79.8 cm³/mol. The molecule has 7 heteroatoms. The maximum atomic E-state index is 6.92. The van der Waals surface area contributed by atoms with Crippen LogP contribution in [0.4, 0.5) is 0 Å². The molecule has 0 unspecified atom stereocenters. The van der Waals surface area contributed by atoms with E-state index < -0.39 is 0 Å². The molecule has 0 amide bonds. The van der Waals surface area contributed by atoms with Gasteiger partial charge in [0.2, 0.25) is 0 Å². The lowest BCUT2D eigenvalue weighted by Crippen LogP contribution is -2.18. The maximum Gasteiger partial charge on any atom is 0.160 e. The van der Waals surface area contributed by atoms with Gasteiger partial charge in [0, 0.05) is 5.75 Å². The third-order valence-electron chi connectivity index (χ3n) is 1.26. The van der Waals surface area contributed by atoms with Crippen molar-refractivity contribution in [2.75, 3.05) is 5.75 Å². The third kappa shape index (κ3) is 41.2. The van der Waals surface area contributed by atoms with Crippen molar-refractivity contribution in [1.82, 2.24) is 0 Å². The Morgan fingerprint density at radius 3 is 2.00 bits per heavy atom. The van der Waals surface area contributed by atoms with Gasteiger partial charge >= 0.3 is 0 Å². The highest BCUT2D eigenvalue weighted by molar-refractivity contribution is 8.93. The zero-order valence-electron chi connectivity index (χ0n) is 8.99. The Morgan fingerprint density at radius 1 is 1.20 bits per heavy atom. The molecule has 0 rings (SSSR count). The van der Waals surface area contributed by atoms with Gasteiger partial charge in [-0.1, -0.05) is 37.9 Å². The van der Waals surface area contributed by atoms with Crippen LogP contribution in [-0.4, -0.2) is 16.0 Å². The van der Waals surface area contributed by atoms with Crippen molar-refractivity contribution in [3.63, 3.8) is 0 Å². The van der Waals surface area contributed by atoms with Crippen LogP contribution in [0.25, 0.3) is 0 Å². The van der Waals surface area contributed by atoms with Gasteiger partial charge in [0.15, 0.2) is 10.3 Å². The van der Waals surface area contributed by atoms with E-state index in [1.165, 1.54) is 37.4 Å². The summed E-state index contributed by atoms with van der Waals surface area (Å²) in [5, 5.41) is 7.16. The monoisotopic (exact) mass is 316 g/mol. The van der Waals surface area contributed by atoms with Gasteiger partial charge in [0.05, 0.1) is 0 Å². The number of hydrogen-bond donors (Lipinski definition) is 4. The lowest BCUT2D eigenvalue weighted by Gasteiger charge is -1.97. The maximum absolute atomic E-state index is 6.92. The number of rotatable bonds is 5. The van der Waals surface area contributed by atoms with E-state index in [1.807, 2.05) is 0 Å². The Balaban J connectivity index is -0.000000249. The van der Waals surface area contributed by atoms with Crippen LogP contribution in [-0.2, 0) is 0 Å². The van der Waals surface area contributed by atoms with Gasteiger partial charge in [-0.05, 0) is 18.6 Å². The van der Waals surface area contributed by atoms with Crippen LogP contribution in [0, 0.1) is 5.41 Å². The molecule has 0 aromatic rings. The quantitative estimate of drug-likeness (QED) is 0.269. The first-order chi connectivity index (χ1) is 6.50. The fourth-order valence-electron chi connectivity index (χ4n) is 0.711. The van der Waals surface area contributed by atoms with Crippen molar-refractivity contribution < 1.29 is 0 Å². The van der Waals surface area contributed by atoms with Crippen molar-refractivity contribution in [2.24, 2.45) is 17.2 Å². The highest BCUT2D eigenvalue weighted by Gasteiger charge is 1.90. The third-order valence-corrected chi connectivity index (χ3v) is 2.06. The van der Waals surface area contributed by atoms with E-state index in [-0.39, 0.29) is 27.3 Å². The summed E-state index contributed by atoms with van der Waals surface area (Å²) in [6.07, 6.45) is 5.04. The fraction of sp³-hybridized carbons (Fsp3) is 0.750. The predicted octanol–water partition coefficient (Wildman–Crippen LogP) is 1.96. The second-order valence-electron chi connectivity index (χ2n) is 2.68. The molecule has 0 heterocycles. The summed E-state index contributed by atoms with van der Waals surface area (Å²) in [5.74, 6) is 1.01. The second-order valence-corrected chi connectivity index (χ2v) is 4.28. The zero-order chi connectivity index (χ0) is 11.4. The molecule has 0 saturated heterocycles. The van der Waals surface area contributed by atoms with Crippen molar-refractivity contribution in [3.8, 4) is 0 Å². The van der Waals surface area contributed by atoms with E-state index in [1.54, 1.807) is 0 Å². The molecule has 0 aromatic carbocycles. The first-order valence-corrected chi connectivity index (χ1v) is 5.91. The molecule has 0 aromatic heterocycles. The highest BCUT2D eigenvalue weighted by Crippen LogP contribution is 2.05. The molecule has 7 N–H and O–H groups in total. The van der Waals surface area contributed by atoms with Gasteiger partial charge in [-0.25, -0.2) is 0 Å². The average molecular weight is 317 g/mol. The molecule has 0 aliphatic heterocycles. The van der Waals surface area contributed by atoms with Gasteiger partial charge in [-0.2, -0.15) is 0 Å². The minimum absolute atomic E-state index is 0. The molecule has 0 spiro atoms. The second kappa shape index (κ2) is 16.4. The van der Waals surface area contributed by atoms with Crippen LogP contribution in [0.15, 0.2) is 0 Å². The molecule has 0 saturated carbocycles. The number of halogens is 1. The molecule has 0 atom stereocenters. The lowest BCUT2D eigenvalue weighted by molar-refractivity contribution is 0.707. The molecule has 0 radical (unpaired) electrons. The van der Waals surface area contributed by atoms with Gasteiger partial charge in [0.1, 0.15) is 0 Å². The largest absolute Gasteiger partial charge is 0.379 e. The van der Waals surface area contributed by atoms with Crippen LogP contribution in [0.3, 0.4) is 0 Å². The van der Waals surface area contributed by atoms with E-state index in [2.05, 4.69) is 30.6 Å². The van der Waals surface area contributed by atoms with E-state index >= 15 is 0 Å². The Morgan fingerprint density at radius 2 is 1.67 bits per heavy atom. The number of nitrogens with two attached hydrogens (primary N) is 3. The van der Waals surface area contributed by atoms with E-state index in [0.717, 1.165) is 5.75 Å². The fourth-order valence-corrected chi connectivity index (χ4v) is 1.28. The summed E-state index contributed by atoms with van der Waals surface area (Å²) < 4.78 is 0. The Kier molecular flexibility index (Phi) is 22.3. The minimum Gasteiger partial charge on any atom is -0.379 e. The van der Waals surface area contributed by atoms with Crippen LogP contribution >= 0.6 is 41.0 Å². The molecular weight excluding hydrogens is 296 g/mol. The summed E-state index contributed by atoms with van der Waals surface area (Å²) >= 11 is 5.54. The van der Waals surface area contributed by atoms with Crippen LogP contribution in [0.2, 0.25) is 0 Å². The molecule has 92 valence electrons. The van der Waals surface area contributed by atoms with Crippen molar-refractivity contribution in [1.29, 1.82) is 5.41 Å². The molecule has 0 aliphatic carbocycles. The zero-order valence-corrected chi connectivity index (χ0v) is 12.3. The summed E-state index contributed by atoms with van der Waals surface area (Å²) in [4.78, 5) is 0. The molecule has 4 nitrogen and oxygen atoms in total. The SMILES string of the molecule is Br.CCCCCCSC(=N)N.NC(N)=S. The topological polar surface area (TPSA) is 102 Å². The molecular formula is C8H21BrN4S2. The van der Waals surface area contributed by atoms with Gasteiger partial charge in [-0.15, -0.1) is 17.0 Å². The van der Waals surface area contributed by atoms with Crippen molar-refractivity contribution in [2.45, 2.75) is 32.6 Å². The van der Waals surface area contributed by atoms with Crippen molar-refractivity contribution in [3.05, 3.63) is 0 Å². The van der Waals surface area contributed by atoms with Crippen LogP contribution in [0.5, 0.6) is 0 Å². The Labute approximate surface area is 112 Å². The van der Waals surface area contributed by atoms with Gasteiger partial charge in [-0.3, -0.25) is 5.41 Å². The van der Waals surface area contributed by atoms with Crippen molar-refractivity contribution >= 4 is 51.2 Å². The highest BCUT2D eigenvalue weighted by atomic mass is 79.9. The standard InChI is InChI=1S/C7H16N2S.CH4N2S.BrH/c1-2-3-4-5-6-10-7(8)9;2-1(3)4;/h2-6H2,1H3,(H3,8,9);(H4,2,3,4);1H. The van der Waals surface area contributed by atoms with Gasteiger partial charge < -0.3 is 17.2 Å². The summed E-state index contributed by atoms with van der Waals surface area (Å²) in [6.45, 7) is 2.19. The van der Waals surface area contributed by atoms with E-state index in [9.17, 15) is 0 Å². The first-order valence-electron chi connectivity index (χ1n) is 4.52. The van der Waals surface area contributed by atoms with E-state index in [4.69, 9.17) is 11.1 Å². The normalized spacial score (nSPS) is 8.07. The smallest absolute Gasteiger partial charge is 0.160 e. The molecule has 15 heavy (non-hydrogen) atoms.